The number of carbonyl (C=O) groups is 1. The number of rotatable bonds is 1. The summed E-state index contributed by atoms with van der Waals surface area (Å²) in [4.78, 5) is 12.2. The molecule has 0 saturated heterocycles. The normalized spacial score (nSPS) is 9.40. The first-order chi connectivity index (χ1) is 4.72. The first-order valence-electron chi connectivity index (χ1n) is 2.96. The molecule has 54 valence electrons. The zero-order valence-electron chi connectivity index (χ0n) is 5.98. The maximum absolute atomic E-state index is 10.7. The van der Waals surface area contributed by atoms with Crippen LogP contribution < -0.4 is 5.01 Å². The molecule has 0 bridgehead atoms. The molecule has 1 aromatic rings. The lowest BCUT2D eigenvalue weighted by molar-refractivity contribution is -0.117. The minimum absolute atomic E-state index is 0.0382. The van der Waals surface area contributed by atoms with E-state index < -0.39 is 0 Å². The molecule has 0 aromatic carbocycles. The van der Waals surface area contributed by atoms with Crippen LogP contribution in [0.15, 0.2) is 18.5 Å². The minimum Gasteiger partial charge on any atom is -0.273 e. The van der Waals surface area contributed by atoms with Gasteiger partial charge in [0, 0.05) is 20.2 Å². The molecule has 0 fully saturated rings. The second-order valence-corrected chi connectivity index (χ2v) is 1.97. The predicted octanol–water partition coefficient (Wildman–Crippen LogP) is -0.00260. The summed E-state index contributed by atoms with van der Waals surface area (Å²) in [5.41, 5.74) is 0. The molecule has 1 heterocycles. The van der Waals surface area contributed by atoms with Crippen LogP contribution in [0.25, 0.3) is 0 Å². The minimum atomic E-state index is -0.0382. The van der Waals surface area contributed by atoms with Crippen molar-refractivity contribution >= 4 is 5.91 Å². The lowest BCUT2D eigenvalue weighted by atomic mass is 10.7. The van der Waals surface area contributed by atoms with E-state index in [4.69, 9.17) is 0 Å². The Kier molecular flexibility index (Phi) is 1.71. The van der Waals surface area contributed by atoms with Gasteiger partial charge in [0.15, 0.2) is 0 Å². The van der Waals surface area contributed by atoms with Crippen molar-refractivity contribution in [3.63, 3.8) is 0 Å². The maximum atomic E-state index is 10.7. The smallest absolute Gasteiger partial charge is 0.239 e. The summed E-state index contributed by atoms with van der Waals surface area (Å²) in [5, 5.41) is 5.28. The highest BCUT2D eigenvalue weighted by Gasteiger charge is 2.01. The molecular formula is C6H9N3O. The van der Waals surface area contributed by atoms with E-state index in [1.165, 1.54) is 16.7 Å². The third-order valence-electron chi connectivity index (χ3n) is 1.25. The van der Waals surface area contributed by atoms with Gasteiger partial charge in [0.05, 0.1) is 6.20 Å². The van der Waals surface area contributed by atoms with Crippen LogP contribution >= 0.6 is 0 Å². The van der Waals surface area contributed by atoms with Crippen molar-refractivity contribution in [3.8, 4) is 0 Å². The largest absolute Gasteiger partial charge is 0.273 e. The fourth-order valence-electron chi connectivity index (χ4n) is 0.582. The van der Waals surface area contributed by atoms with Crippen LogP contribution in [-0.2, 0) is 4.79 Å². The Balaban J connectivity index is 2.77. The molecule has 0 aliphatic rings. The van der Waals surface area contributed by atoms with Crippen LogP contribution in [0.3, 0.4) is 0 Å². The van der Waals surface area contributed by atoms with E-state index in [0.29, 0.717) is 0 Å². The third-order valence-corrected chi connectivity index (χ3v) is 1.25. The molecule has 4 nitrogen and oxygen atoms in total. The van der Waals surface area contributed by atoms with Crippen LogP contribution in [0, 0.1) is 0 Å². The van der Waals surface area contributed by atoms with Crippen molar-refractivity contribution in [2.75, 3.05) is 12.1 Å². The molecule has 0 N–H and O–H groups in total. The molecule has 0 radical (unpaired) electrons. The molecule has 0 aliphatic carbocycles. The van der Waals surface area contributed by atoms with Gasteiger partial charge in [0.2, 0.25) is 5.91 Å². The average molecular weight is 139 g/mol. The molecule has 1 aromatic heterocycles. The molecule has 0 spiro atoms. The lowest BCUT2D eigenvalue weighted by Gasteiger charge is -2.13. The van der Waals surface area contributed by atoms with Crippen LogP contribution in [0.4, 0.5) is 0 Å². The van der Waals surface area contributed by atoms with E-state index in [1.54, 1.807) is 25.5 Å². The summed E-state index contributed by atoms with van der Waals surface area (Å²) in [6, 6.07) is 1.76. The van der Waals surface area contributed by atoms with E-state index >= 15 is 0 Å². The quantitative estimate of drug-likeness (QED) is 0.549. The Hall–Kier alpha value is -1.32. The number of hydrogen-bond acceptors (Lipinski definition) is 2. The molecule has 1 amide bonds. The molecule has 10 heavy (non-hydrogen) atoms. The highest BCUT2D eigenvalue weighted by Crippen LogP contribution is 1.85. The Morgan fingerprint density at radius 1 is 1.70 bits per heavy atom. The molecule has 1 rings (SSSR count). The van der Waals surface area contributed by atoms with Gasteiger partial charge in [-0.25, -0.2) is 5.01 Å². The van der Waals surface area contributed by atoms with Gasteiger partial charge in [-0.3, -0.25) is 4.79 Å². The zero-order valence-corrected chi connectivity index (χ0v) is 5.98. The second kappa shape index (κ2) is 2.51. The number of amides is 1. The van der Waals surface area contributed by atoms with Crippen LogP contribution in [-0.4, -0.2) is 22.8 Å². The molecule has 0 aliphatic heterocycles. The summed E-state index contributed by atoms with van der Waals surface area (Å²) in [6.45, 7) is 1.49. The molecule has 0 saturated carbocycles. The van der Waals surface area contributed by atoms with Gasteiger partial charge in [-0.15, -0.1) is 0 Å². The van der Waals surface area contributed by atoms with E-state index in [1.807, 2.05) is 0 Å². The van der Waals surface area contributed by atoms with Crippen LogP contribution in [0.2, 0.25) is 0 Å². The highest BCUT2D eigenvalue weighted by atomic mass is 16.2. The van der Waals surface area contributed by atoms with Gasteiger partial charge >= 0.3 is 0 Å². The number of hydrogen-bond donors (Lipinski definition) is 0. The van der Waals surface area contributed by atoms with Crippen molar-refractivity contribution in [2.45, 2.75) is 6.92 Å². The predicted molar refractivity (Wildman–Crippen MR) is 37.0 cm³/mol. The summed E-state index contributed by atoms with van der Waals surface area (Å²) in [5.74, 6) is -0.0382. The Bertz CT molecular complexity index is 217. The molecular weight excluding hydrogens is 130 g/mol. The van der Waals surface area contributed by atoms with Crippen molar-refractivity contribution in [2.24, 2.45) is 0 Å². The lowest BCUT2D eigenvalue weighted by Crippen LogP contribution is -2.34. The first kappa shape index (κ1) is 6.80. The number of aromatic nitrogens is 2. The standard InChI is InChI=1S/C6H9N3O/c1-6(10)8(2)9-5-3-4-7-9/h3-5H,1-2H3. The van der Waals surface area contributed by atoms with E-state index in [2.05, 4.69) is 5.10 Å². The number of carbonyl (C=O) groups excluding carboxylic acids is 1. The summed E-state index contributed by atoms with van der Waals surface area (Å²) >= 11 is 0. The van der Waals surface area contributed by atoms with Gasteiger partial charge in [0.1, 0.15) is 0 Å². The van der Waals surface area contributed by atoms with Gasteiger partial charge < -0.3 is 0 Å². The highest BCUT2D eigenvalue weighted by molar-refractivity contribution is 5.82. The van der Waals surface area contributed by atoms with E-state index in [9.17, 15) is 4.79 Å². The molecule has 0 unspecified atom stereocenters. The summed E-state index contributed by atoms with van der Waals surface area (Å²) in [6.07, 6.45) is 3.33. The maximum Gasteiger partial charge on any atom is 0.239 e. The van der Waals surface area contributed by atoms with Crippen molar-refractivity contribution in [1.82, 2.24) is 9.89 Å². The Morgan fingerprint density at radius 3 is 2.80 bits per heavy atom. The Morgan fingerprint density at radius 2 is 2.40 bits per heavy atom. The fourth-order valence-corrected chi connectivity index (χ4v) is 0.582. The molecule has 4 heteroatoms. The first-order valence-corrected chi connectivity index (χ1v) is 2.96. The summed E-state index contributed by atoms with van der Waals surface area (Å²) in [7, 11) is 1.66. The average Bonchev–Trinajstić information content (AvgIpc) is 2.36. The van der Waals surface area contributed by atoms with Crippen LogP contribution in [0.5, 0.6) is 0 Å². The third kappa shape index (κ3) is 1.15. The van der Waals surface area contributed by atoms with E-state index in [-0.39, 0.29) is 5.91 Å². The zero-order chi connectivity index (χ0) is 7.56. The van der Waals surface area contributed by atoms with Gasteiger partial charge in [-0.1, -0.05) is 0 Å². The van der Waals surface area contributed by atoms with Crippen molar-refractivity contribution in [3.05, 3.63) is 18.5 Å². The second-order valence-electron chi connectivity index (χ2n) is 1.97. The molecule has 0 atom stereocenters. The topological polar surface area (TPSA) is 38.1 Å². The fraction of sp³-hybridized carbons (Fsp3) is 0.333. The summed E-state index contributed by atoms with van der Waals surface area (Å²) < 4.78 is 0. The van der Waals surface area contributed by atoms with E-state index in [0.717, 1.165) is 0 Å². The van der Waals surface area contributed by atoms with Crippen LogP contribution in [0.1, 0.15) is 6.92 Å². The van der Waals surface area contributed by atoms with Crippen molar-refractivity contribution in [1.29, 1.82) is 0 Å². The monoisotopic (exact) mass is 139 g/mol. The van der Waals surface area contributed by atoms with Gasteiger partial charge in [-0.05, 0) is 6.07 Å². The number of nitrogens with zero attached hydrogens (tertiary/aromatic N) is 3. The van der Waals surface area contributed by atoms with Gasteiger partial charge in [-0.2, -0.15) is 9.89 Å². The SMILES string of the molecule is CC(=O)N(C)n1cccn1. The Labute approximate surface area is 59.0 Å². The van der Waals surface area contributed by atoms with Crippen molar-refractivity contribution < 1.29 is 4.79 Å². The van der Waals surface area contributed by atoms with Gasteiger partial charge in [0.25, 0.3) is 0 Å².